The molecular weight excluding hydrogens is 320 g/mol. The van der Waals surface area contributed by atoms with Gasteiger partial charge in [0.2, 0.25) is 0 Å². The average Bonchev–Trinajstić information content (AvgIpc) is 3.03. The van der Waals surface area contributed by atoms with E-state index in [1.54, 1.807) is 7.11 Å². The largest absolute Gasteiger partial charge is 0.497 e. The number of furan rings is 1. The zero-order chi connectivity index (χ0) is 17.4. The average molecular weight is 336 g/mol. The Morgan fingerprint density at radius 1 is 0.692 bits per heavy atom. The van der Waals surface area contributed by atoms with E-state index < -0.39 is 0 Å². The second-order valence-corrected chi connectivity index (χ2v) is 7.05. The van der Waals surface area contributed by atoms with Crippen LogP contribution in [0.1, 0.15) is 5.56 Å². The van der Waals surface area contributed by atoms with Gasteiger partial charge in [-0.25, -0.2) is 0 Å². The fourth-order valence-corrected chi connectivity index (χ4v) is 4.41. The maximum absolute atomic E-state index is 6.29. The predicted octanol–water partition coefficient (Wildman–Crippen LogP) is 6.80. The summed E-state index contributed by atoms with van der Waals surface area (Å²) in [6.45, 7) is 2.14. The van der Waals surface area contributed by atoms with E-state index in [4.69, 9.17) is 9.15 Å². The van der Waals surface area contributed by atoms with Crippen molar-refractivity contribution in [1.29, 1.82) is 0 Å². The third-order valence-electron chi connectivity index (χ3n) is 5.53. The summed E-state index contributed by atoms with van der Waals surface area (Å²) in [7, 11) is 1.70. The summed E-state index contributed by atoms with van der Waals surface area (Å²) in [5.74, 6) is 0.826. The van der Waals surface area contributed by atoms with Crippen molar-refractivity contribution in [2.24, 2.45) is 0 Å². The molecule has 0 N–H and O–H groups in total. The van der Waals surface area contributed by atoms with Crippen molar-refractivity contribution in [1.82, 2.24) is 0 Å². The minimum absolute atomic E-state index is 0.826. The quantitative estimate of drug-likeness (QED) is 0.308. The van der Waals surface area contributed by atoms with Gasteiger partial charge in [-0.1, -0.05) is 48.0 Å². The van der Waals surface area contributed by atoms with E-state index in [2.05, 4.69) is 61.5 Å². The summed E-state index contributed by atoms with van der Waals surface area (Å²) >= 11 is 0. The number of hydrogen-bond donors (Lipinski definition) is 0. The predicted molar refractivity (Wildman–Crippen MR) is 109 cm³/mol. The first-order valence-electron chi connectivity index (χ1n) is 8.82. The summed E-state index contributed by atoms with van der Waals surface area (Å²) in [4.78, 5) is 0. The molecule has 6 rings (SSSR count). The van der Waals surface area contributed by atoms with Crippen molar-refractivity contribution in [3.05, 3.63) is 66.2 Å². The second kappa shape index (κ2) is 4.67. The van der Waals surface area contributed by atoms with Crippen LogP contribution in [0, 0.1) is 6.92 Å². The van der Waals surface area contributed by atoms with Crippen LogP contribution in [0.3, 0.4) is 0 Å². The van der Waals surface area contributed by atoms with Gasteiger partial charge >= 0.3 is 0 Å². The lowest BCUT2D eigenvalue weighted by Gasteiger charge is -2.12. The third kappa shape index (κ3) is 1.62. The number of aryl methyl sites for hydroxylation is 1. The van der Waals surface area contributed by atoms with Crippen LogP contribution in [0.5, 0.6) is 5.75 Å². The van der Waals surface area contributed by atoms with E-state index >= 15 is 0 Å². The highest BCUT2D eigenvalue weighted by Crippen LogP contribution is 2.46. The first-order chi connectivity index (χ1) is 12.7. The van der Waals surface area contributed by atoms with Crippen LogP contribution in [0.15, 0.2) is 65.1 Å². The number of ether oxygens (including phenoxy) is 1. The Labute approximate surface area is 149 Å². The highest BCUT2D eigenvalue weighted by molar-refractivity contribution is 6.38. The smallest absolute Gasteiger partial charge is 0.139 e. The van der Waals surface area contributed by atoms with Crippen LogP contribution in [0.25, 0.3) is 54.3 Å². The molecular formula is C24H16O2. The highest BCUT2D eigenvalue weighted by Gasteiger charge is 2.20. The molecule has 1 aromatic heterocycles. The molecule has 0 saturated heterocycles. The van der Waals surface area contributed by atoms with Gasteiger partial charge in [0.1, 0.15) is 16.9 Å². The molecule has 0 aliphatic rings. The van der Waals surface area contributed by atoms with E-state index in [-0.39, 0.29) is 0 Å². The van der Waals surface area contributed by atoms with Crippen LogP contribution in [-0.4, -0.2) is 7.11 Å². The van der Waals surface area contributed by atoms with E-state index in [0.717, 1.165) is 16.9 Å². The molecule has 0 aliphatic heterocycles. The molecule has 26 heavy (non-hydrogen) atoms. The molecule has 1 heterocycles. The van der Waals surface area contributed by atoms with E-state index in [0.29, 0.717) is 0 Å². The number of rotatable bonds is 1. The van der Waals surface area contributed by atoms with Crippen molar-refractivity contribution in [3.63, 3.8) is 0 Å². The lowest BCUT2D eigenvalue weighted by atomic mass is 9.90. The van der Waals surface area contributed by atoms with Crippen LogP contribution in [0.2, 0.25) is 0 Å². The summed E-state index contributed by atoms with van der Waals surface area (Å²) in [6, 6.07) is 21.5. The number of benzene rings is 5. The monoisotopic (exact) mass is 336 g/mol. The molecule has 0 spiro atoms. The van der Waals surface area contributed by atoms with Crippen molar-refractivity contribution in [3.8, 4) is 5.75 Å². The van der Waals surface area contributed by atoms with Gasteiger partial charge in [0, 0.05) is 22.2 Å². The molecule has 0 fully saturated rings. The van der Waals surface area contributed by atoms with Gasteiger partial charge in [-0.15, -0.1) is 0 Å². The summed E-state index contributed by atoms with van der Waals surface area (Å²) in [6.07, 6.45) is 0. The van der Waals surface area contributed by atoms with Crippen LogP contribution >= 0.6 is 0 Å². The number of fused-ring (bicyclic) bond motifs is 5. The molecule has 0 unspecified atom stereocenters. The first-order valence-corrected chi connectivity index (χ1v) is 8.82. The summed E-state index contributed by atoms with van der Waals surface area (Å²) in [5, 5.41) is 9.88. The highest BCUT2D eigenvalue weighted by atomic mass is 16.5. The Bertz CT molecular complexity index is 1470. The van der Waals surface area contributed by atoms with Gasteiger partial charge in [0.25, 0.3) is 0 Å². The summed E-state index contributed by atoms with van der Waals surface area (Å²) < 4.78 is 11.8. The summed E-state index contributed by atoms with van der Waals surface area (Å²) in [5.41, 5.74) is 3.08. The molecule has 2 nitrogen and oxygen atoms in total. The zero-order valence-corrected chi connectivity index (χ0v) is 14.6. The van der Waals surface area contributed by atoms with Crippen molar-refractivity contribution >= 4 is 54.3 Å². The Kier molecular flexibility index (Phi) is 2.51. The van der Waals surface area contributed by atoms with Crippen molar-refractivity contribution in [2.45, 2.75) is 6.92 Å². The molecule has 0 radical (unpaired) electrons. The lowest BCUT2D eigenvalue weighted by Crippen LogP contribution is -1.87. The third-order valence-corrected chi connectivity index (χ3v) is 5.53. The van der Waals surface area contributed by atoms with Crippen LogP contribution in [0.4, 0.5) is 0 Å². The van der Waals surface area contributed by atoms with Crippen molar-refractivity contribution in [2.75, 3.05) is 7.11 Å². The van der Waals surface area contributed by atoms with E-state index in [9.17, 15) is 0 Å². The SMILES string of the molecule is COc1cc2oc3cc4ccccc4c4c5ccc(C)cc5c(c1)c2c34. The van der Waals surface area contributed by atoms with E-state index in [1.165, 1.54) is 48.7 Å². The minimum atomic E-state index is 0.826. The Hall–Kier alpha value is -3.26. The van der Waals surface area contributed by atoms with Gasteiger partial charge in [-0.3, -0.25) is 0 Å². The standard InChI is InChI=1S/C24H16O2/c1-13-7-8-17-18(9-13)19-11-15(25-2)12-21-23(19)24-20(26-21)10-14-5-3-4-6-16(14)22(17)24/h3-12H,1-2H3. The molecule has 2 heteroatoms. The molecule has 0 aliphatic carbocycles. The number of methoxy groups -OCH3 is 1. The molecule has 6 aromatic rings. The topological polar surface area (TPSA) is 22.4 Å². The fraction of sp³-hybridized carbons (Fsp3) is 0.0833. The van der Waals surface area contributed by atoms with Crippen LogP contribution in [-0.2, 0) is 0 Å². The molecule has 0 atom stereocenters. The van der Waals surface area contributed by atoms with E-state index in [1.807, 2.05) is 6.07 Å². The normalized spacial score (nSPS) is 12.2. The zero-order valence-electron chi connectivity index (χ0n) is 14.6. The molecule has 0 amide bonds. The molecule has 124 valence electrons. The molecule has 5 aromatic carbocycles. The Balaban J connectivity index is 2.07. The maximum Gasteiger partial charge on any atom is 0.139 e. The fourth-order valence-electron chi connectivity index (χ4n) is 4.41. The first kappa shape index (κ1) is 14.0. The van der Waals surface area contributed by atoms with Crippen molar-refractivity contribution < 1.29 is 9.15 Å². The van der Waals surface area contributed by atoms with Crippen LogP contribution < -0.4 is 4.74 Å². The minimum Gasteiger partial charge on any atom is -0.497 e. The van der Waals surface area contributed by atoms with Gasteiger partial charge in [-0.05, 0) is 46.0 Å². The lowest BCUT2D eigenvalue weighted by molar-refractivity contribution is 0.415. The van der Waals surface area contributed by atoms with Gasteiger partial charge in [0.15, 0.2) is 0 Å². The Morgan fingerprint density at radius 2 is 1.54 bits per heavy atom. The maximum atomic E-state index is 6.29. The van der Waals surface area contributed by atoms with Gasteiger partial charge in [-0.2, -0.15) is 0 Å². The number of hydrogen-bond acceptors (Lipinski definition) is 2. The molecule has 0 saturated carbocycles. The second-order valence-electron chi connectivity index (χ2n) is 7.05. The molecule has 0 bridgehead atoms. The van der Waals surface area contributed by atoms with Gasteiger partial charge in [0.05, 0.1) is 7.11 Å². The Morgan fingerprint density at radius 3 is 2.42 bits per heavy atom. The van der Waals surface area contributed by atoms with Gasteiger partial charge < -0.3 is 9.15 Å².